The number of anilines is 1. The van der Waals surface area contributed by atoms with Gasteiger partial charge in [-0.15, -0.1) is 0 Å². The Hall–Kier alpha value is -0.820. The van der Waals surface area contributed by atoms with Crippen molar-refractivity contribution in [1.29, 1.82) is 0 Å². The van der Waals surface area contributed by atoms with E-state index in [4.69, 9.17) is 22.1 Å². The maximum atomic E-state index is 12.4. The first-order chi connectivity index (χ1) is 8.95. The first kappa shape index (κ1) is 14.6. The Morgan fingerprint density at radius 2 is 2.00 bits per heavy atom. The zero-order chi connectivity index (χ0) is 14.0. The fourth-order valence-corrected chi connectivity index (χ4v) is 3.87. The maximum absolute atomic E-state index is 12.4. The second-order valence-electron chi connectivity index (χ2n) is 4.52. The number of benzene rings is 1. The van der Waals surface area contributed by atoms with Crippen molar-refractivity contribution in [3.63, 3.8) is 0 Å². The summed E-state index contributed by atoms with van der Waals surface area (Å²) in [6.07, 6.45) is 1.55. The minimum Gasteiger partial charge on any atom is -0.398 e. The highest BCUT2D eigenvalue weighted by Crippen LogP contribution is 2.26. The summed E-state index contributed by atoms with van der Waals surface area (Å²) in [7, 11) is -1.85. The van der Waals surface area contributed by atoms with Gasteiger partial charge in [0.25, 0.3) is 0 Å². The number of nitrogens with two attached hydrogens (primary N) is 1. The van der Waals surface area contributed by atoms with Crippen LogP contribution in [0.5, 0.6) is 0 Å². The summed E-state index contributed by atoms with van der Waals surface area (Å²) in [5, 5.41) is 0.257. The van der Waals surface area contributed by atoms with Crippen LogP contribution in [0, 0.1) is 0 Å². The standard InChI is InChI=1S/C12H17ClN2O3S/c1-18-9-4-6-15(7-5-9)19(16,17)10-2-3-12(14)11(13)8-10/h2-3,8-9H,4-7,14H2,1H3. The highest BCUT2D eigenvalue weighted by molar-refractivity contribution is 7.89. The molecule has 1 aromatic carbocycles. The molecule has 19 heavy (non-hydrogen) atoms. The van der Waals surface area contributed by atoms with E-state index >= 15 is 0 Å². The van der Waals surface area contributed by atoms with E-state index in [1.807, 2.05) is 0 Å². The number of hydrogen-bond donors (Lipinski definition) is 1. The topological polar surface area (TPSA) is 72.6 Å². The minimum absolute atomic E-state index is 0.140. The van der Waals surface area contributed by atoms with Crippen molar-refractivity contribution in [2.45, 2.75) is 23.8 Å². The third-order valence-electron chi connectivity index (χ3n) is 3.34. The van der Waals surface area contributed by atoms with Crippen LogP contribution < -0.4 is 5.73 Å². The van der Waals surface area contributed by atoms with Gasteiger partial charge >= 0.3 is 0 Å². The third kappa shape index (κ3) is 3.02. The molecule has 0 spiro atoms. The first-order valence-electron chi connectivity index (χ1n) is 6.03. The Labute approximate surface area is 118 Å². The predicted octanol–water partition coefficient (Wildman–Crippen LogP) is 1.72. The Bertz CT molecular complexity index is 554. The molecule has 5 nitrogen and oxygen atoms in total. The molecule has 1 saturated heterocycles. The fourth-order valence-electron chi connectivity index (χ4n) is 2.13. The molecule has 0 atom stereocenters. The summed E-state index contributed by atoms with van der Waals surface area (Å²) in [5.74, 6) is 0. The lowest BCUT2D eigenvalue weighted by molar-refractivity contribution is 0.0604. The molecule has 1 aliphatic rings. The SMILES string of the molecule is COC1CCN(S(=O)(=O)c2ccc(N)c(Cl)c2)CC1. The van der Waals surface area contributed by atoms with Gasteiger partial charge < -0.3 is 10.5 Å². The summed E-state index contributed by atoms with van der Waals surface area (Å²) < 4.78 is 31.6. The molecule has 0 bridgehead atoms. The van der Waals surface area contributed by atoms with E-state index in [2.05, 4.69) is 0 Å². The van der Waals surface area contributed by atoms with Gasteiger partial charge in [0.15, 0.2) is 0 Å². The van der Waals surface area contributed by atoms with Crippen molar-refractivity contribution >= 4 is 27.3 Å². The van der Waals surface area contributed by atoms with Crippen LogP contribution in [0.25, 0.3) is 0 Å². The second-order valence-corrected chi connectivity index (χ2v) is 6.87. The van der Waals surface area contributed by atoms with Crippen molar-refractivity contribution < 1.29 is 13.2 Å². The van der Waals surface area contributed by atoms with E-state index in [1.165, 1.54) is 22.5 Å². The van der Waals surface area contributed by atoms with E-state index in [0.29, 0.717) is 31.6 Å². The normalized spacial score (nSPS) is 18.6. The molecule has 1 fully saturated rings. The lowest BCUT2D eigenvalue weighted by Gasteiger charge is -2.30. The highest BCUT2D eigenvalue weighted by atomic mass is 35.5. The van der Waals surface area contributed by atoms with Crippen LogP contribution in [0.2, 0.25) is 5.02 Å². The van der Waals surface area contributed by atoms with Crippen molar-refractivity contribution in [2.75, 3.05) is 25.9 Å². The van der Waals surface area contributed by atoms with Gasteiger partial charge in [-0.25, -0.2) is 8.42 Å². The smallest absolute Gasteiger partial charge is 0.243 e. The number of nitrogen functional groups attached to an aromatic ring is 1. The molecule has 0 aliphatic carbocycles. The van der Waals surface area contributed by atoms with Gasteiger partial charge in [0, 0.05) is 20.2 Å². The number of nitrogens with zero attached hydrogens (tertiary/aromatic N) is 1. The summed E-state index contributed by atoms with van der Waals surface area (Å²) in [6, 6.07) is 4.39. The molecule has 0 saturated carbocycles. The van der Waals surface area contributed by atoms with E-state index in [0.717, 1.165) is 0 Å². The molecule has 0 unspecified atom stereocenters. The Kier molecular flexibility index (Phi) is 4.35. The molecule has 2 rings (SSSR count). The number of sulfonamides is 1. The summed E-state index contributed by atoms with van der Waals surface area (Å²) in [4.78, 5) is 0.183. The first-order valence-corrected chi connectivity index (χ1v) is 7.85. The van der Waals surface area contributed by atoms with Gasteiger partial charge in [-0.3, -0.25) is 0 Å². The van der Waals surface area contributed by atoms with Crippen molar-refractivity contribution in [2.24, 2.45) is 0 Å². The fraction of sp³-hybridized carbons (Fsp3) is 0.500. The highest BCUT2D eigenvalue weighted by Gasteiger charge is 2.29. The number of rotatable bonds is 3. The molecule has 1 aromatic rings. The lowest BCUT2D eigenvalue weighted by Crippen LogP contribution is -2.40. The summed E-state index contributed by atoms with van der Waals surface area (Å²) >= 11 is 5.88. The number of piperidine rings is 1. The number of hydrogen-bond acceptors (Lipinski definition) is 4. The molecule has 1 aliphatic heterocycles. The van der Waals surface area contributed by atoms with Crippen LogP contribution in [0.4, 0.5) is 5.69 Å². The number of ether oxygens (including phenoxy) is 1. The molecule has 2 N–H and O–H groups in total. The maximum Gasteiger partial charge on any atom is 0.243 e. The monoisotopic (exact) mass is 304 g/mol. The second kappa shape index (κ2) is 5.66. The van der Waals surface area contributed by atoms with Crippen LogP contribution in [0.1, 0.15) is 12.8 Å². The lowest BCUT2D eigenvalue weighted by atomic mass is 10.1. The summed E-state index contributed by atoms with van der Waals surface area (Å²) in [5.41, 5.74) is 5.96. The molecule has 0 radical (unpaired) electrons. The van der Waals surface area contributed by atoms with Crippen LogP contribution in [0.15, 0.2) is 23.1 Å². The molecule has 0 amide bonds. The Morgan fingerprint density at radius 1 is 1.37 bits per heavy atom. The van der Waals surface area contributed by atoms with E-state index < -0.39 is 10.0 Å². The predicted molar refractivity (Wildman–Crippen MR) is 74.7 cm³/mol. The molecular weight excluding hydrogens is 288 g/mol. The molecule has 7 heteroatoms. The van der Waals surface area contributed by atoms with Gasteiger partial charge in [0.1, 0.15) is 0 Å². The Balaban J connectivity index is 2.21. The van der Waals surface area contributed by atoms with Gasteiger partial charge in [-0.05, 0) is 31.0 Å². The van der Waals surface area contributed by atoms with Gasteiger partial charge in [0.2, 0.25) is 10.0 Å². The van der Waals surface area contributed by atoms with Gasteiger partial charge in [0.05, 0.1) is 21.7 Å². The molecule has 1 heterocycles. The van der Waals surface area contributed by atoms with Crippen LogP contribution in [-0.4, -0.2) is 39.0 Å². The average Bonchev–Trinajstić information content (AvgIpc) is 2.41. The van der Waals surface area contributed by atoms with Crippen molar-refractivity contribution in [1.82, 2.24) is 4.31 Å². The molecule has 0 aromatic heterocycles. The van der Waals surface area contributed by atoms with Gasteiger partial charge in [-0.1, -0.05) is 11.6 Å². The zero-order valence-corrected chi connectivity index (χ0v) is 12.2. The average molecular weight is 305 g/mol. The molecular formula is C12H17ClN2O3S. The van der Waals surface area contributed by atoms with E-state index in [-0.39, 0.29) is 16.0 Å². The number of methoxy groups -OCH3 is 1. The van der Waals surface area contributed by atoms with Gasteiger partial charge in [-0.2, -0.15) is 4.31 Å². The molecule has 106 valence electrons. The zero-order valence-electron chi connectivity index (χ0n) is 10.7. The van der Waals surface area contributed by atoms with E-state index in [9.17, 15) is 8.42 Å². The minimum atomic E-state index is -3.50. The van der Waals surface area contributed by atoms with E-state index in [1.54, 1.807) is 7.11 Å². The van der Waals surface area contributed by atoms with Crippen LogP contribution >= 0.6 is 11.6 Å². The Morgan fingerprint density at radius 3 is 2.53 bits per heavy atom. The number of halogens is 1. The van der Waals surface area contributed by atoms with Crippen molar-refractivity contribution in [3.05, 3.63) is 23.2 Å². The third-order valence-corrected chi connectivity index (χ3v) is 5.57. The van der Waals surface area contributed by atoms with Crippen LogP contribution in [0.3, 0.4) is 0 Å². The van der Waals surface area contributed by atoms with Crippen LogP contribution in [-0.2, 0) is 14.8 Å². The summed E-state index contributed by atoms with van der Waals surface area (Å²) in [6.45, 7) is 0.922. The largest absolute Gasteiger partial charge is 0.398 e. The quantitative estimate of drug-likeness (QED) is 0.863. The van der Waals surface area contributed by atoms with Crippen molar-refractivity contribution in [3.8, 4) is 0 Å².